The first-order valence-corrected chi connectivity index (χ1v) is 11.2. The molecule has 176 valence electrons. The van der Waals surface area contributed by atoms with Crippen molar-refractivity contribution in [1.29, 1.82) is 0 Å². The first-order chi connectivity index (χ1) is 16.3. The summed E-state index contributed by atoms with van der Waals surface area (Å²) in [6.07, 6.45) is -0.548. The van der Waals surface area contributed by atoms with E-state index in [0.29, 0.717) is 40.4 Å². The summed E-state index contributed by atoms with van der Waals surface area (Å²) in [6.45, 7) is 0.209. The zero-order chi connectivity index (χ0) is 24.2. The van der Waals surface area contributed by atoms with Gasteiger partial charge in [0.05, 0.1) is 30.2 Å². The van der Waals surface area contributed by atoms with Gasteiger partial charge in [0.2, 0.25) is 0 Å². The minimum atomic E-state index is -0.931. The molecule has 0 aliphatic carbocycles. The van der Waals surface area contributed by atoms with E-state index < -0.39 is 23.9 Å². The molecule has 0 bridgehead atoms. The topological polar surface area (TPSA) is 96.3 Å². The Hall–Kier alpha value is -3.26. The summed E-state index contributed by atoms with van der Waals surface area (Å²) in [7, 11) is 0. The molecule has 1 aliphatic rings. The van der Waals surface area contributed by atoms with E-state index in [-0.39, 0.29) is 18.2 Å². The van der Waals surface area contributed by atoms with Crippen LogP contribution in [-0.2, 0) is 4.79 Å². The maximum atomic E-state index is 12.6. The van der Waals surface area contributed by atoms with Gasteiger partial charge in [0, 0.05) is 29.0 Å². The van der Waals surface area contributed by atoms with Crippen LogP contribution in [0.25, 0.3) is 0 Å². The Labute approximate surface area is 206 Å². The molecule has 1 heterocycles. The lowest BCUT2D eigenvalue weighted by Gasteiger charge is -2.24. The third kappa shape index (κ3) is 5.28. The fourth-order valence-corrected chi connectivity index (χ4v) is 4.11. The molecule has 3 aromatic carbocycles. The summed E-state index contributed by atoms with van der Waals surface area (Å²) in [6, 6.07) is 18.3. The molecule has 0 spiro atoms. The second-order valence-corrected chi connectivity index (χ2v) is 8.57. The number of amides is 1. The minimum absolute atomic E-state index is 0.0786. The van der Waals surface area contributed by atoms with Gasteiger partial charge in [0.15, 0.2) is 0 Å². The number of nitrogens with zero attached hydrogens (tertiary/aromatic N) is 1. The first kappa shape index (κ1) is 23.9. The van der Waals surface area contributed by atoms with Crippen LogP contribution in [0.15, 0.2) is 66.7 Å². The maximum absolute atomic E-state index is 12.6. The smallest absolute Gasteiger partial charge is 0.311 e. The molecule has 0 radical (unpaired) electrons. The standard InChI is InChI=1S/C25H21Cl2NO6/c26-20-12-19-18(25(31)32)10-11-33-22(19)13-23(20)34-17-8-6-16(7-9-17)24(30)28(27)14-21(29)15-4-2-1-3-5-15/h1-9,12-13,18,21,29H,10-11,14H2,(H,31,32). The highest BCUT2D eigenvalue weighted by Gasteiger charge is 2.29. The number of rotatable bonds is 7. The molecule has 2 unspecified atom stereocenters. The molecule has 3 aromatic rings. The van der Waals surface area contributed by atoms with Crippen LogP contribution in [0.4, 0.5) is 0 Å². The van der Waals surface area contributed by atoms with Crippen LogP contribution in [0.3, 0.4) is 0 Å². The summed E-state index contributed by atoms with van der Waals surface area (Å²) in [5, 5.41) is 20.0. The van der Waals surface area contributed by atoms with Crippen molar-refractivity contribution < 1.29 is 29.3 Å². The Morgan fingerprint density at radius 2 is 1.82 bits per heavy atom. The second kappa shape index (κ2) is 10.3. The highest BCUT2D eigenvalue weighted by Crippen LogP contribution is 2.41. The van der Waals surface area contributed by atoms with E-state index >= 15 is 0 Å². The Balaban J connectivity index is 1.44. The molecule has 7 nitrogen and oxygen atoms in total. The van der Waals surface area contributed by atoms with Gasteiger partial charge in [-0.2, -0.15) is 0 Å². The van der Waals surface area contributed by atoms with Crippen LogP contribution >= 0.6 is 23.4 Å². The summed E-state index contributed by atoms with van der Waals surface area (Å²) in [4.78, 5) is 24.1. The fraction of sp³-hybridized carbons (Fsp3) is 0.200. The number of benzene rings is 3. The van der Waals surface area contributed by atoms with Gasteiger partial charge in [-0.1, -0.05) is 41.9 Å². The first-order valence-electron chi connectivity index (χ1n) is 10.5. The molecule has 0 saturated heterocycles. The number of aliphatic carboxylic acids is 1. The predicted octanol–water partition coefficient (Wildman–Crippen LogP) is 5.41. The highest BCUT2D eigenvalue weighted by molar-refractivity contribution is 6.32. The molecule has 0 fully saturated rings. The average molecular weight is 502 g/mol. The van der Waals surface area contributed by atoms with Crippen molar-refractivity contribution in [2.45, 2.75) is 18.4 Å². The largest absolute Gasteiger partial charge is 0.493 e. The number of halogens is 2. The molecule has 1 aliphatic heterocycles. The summed E-state index contributed by atoms with van der Waals surface area (Å²) >= 11 is 12.4. The Morgan fingerprint density at radius 1 is 1.12 bits per heavy atom. The number of fused-ring (bicyclic) bond motifs is 1. The zero-order valence-corrected chi connectivity index (χ0v) is 19.4. The second-order valence-electron chi connectivity index (χ2n) is 7.75. The van der Waals surface area contributed by atoms with Crippen molar-refractivity contribution in [2.75, 3.05) is 13.2 Å². The number of aliphatic hydroxyl groups is 1. The predicted molar refractivity (Wildman–Crippen MR) is 127 cm³/mol. The van der Waals surface area contributed by atoms with E-state index in [4.69, 9.17) is 32.9 Å². The van der Waals surface area contributed by atoms with Crippen LogP contribution in [0.5, 0.6) is 17.2 Å². The van der Waals surface area contributed by atoms with Crippen LogP contribution < -0.4 is 9.47 Å². The zero-order valence-electron chi connectivity index (χ0n) is 17.9. The number of carbonyl (C=O) groups is 2. The monoisotopic (exact) mass is 501 g/mol. The Morgan fingerprint density at radius 3 is 2.50 bits per heavy atom. The van der Waals surface area contributed by atoms with Crippen molar-refractivity contribution in [1.82, 2.24) is 4.42 Å². The van der Waals surface area contributed by atoms with E-state index in [1.54, 1.807) is 60.7 Å². The number of carboxylic acid groups (broad SMARTS) is 1. The lowest BCUT2D eigenvalue weighted by molar-refractivity contribution is -0.139. The number of hydrogen-bond donors (Lipinski definition) is 2. The number of hydrogen-bond acceptors (Lipinski definition) is 5. The SMILES string of the molecule is O=C(O)C1CCOc2cc(Oc3ccc(C(=O)N(Cl)CC(O)c4ccccc4)cc3)c(Cl)cc21. The van der Waals surface area contributed by atoms with Crippen LogP contribution in [-0.4, -0.2) is 39.7 Å². The number of carbonyl (C=O) groups excluding carboxylic acids is 1. The average Bonchev–Trinajstić information content (AvgIpc) is 2.84. The van der Waals surface area contributed by atoms with Gasteiger partial charge in [-0.3, -0.25) is 9.59 Å². The number of ether oxygens (including phenoxy) is 2. The minimum Gasteiger partial charge on any atom is -0.493 e. The lowest BCUT2D eigenvalue weighted by atomic mass is 9.93. The summed E-state index contributed by atoms with van der Waals surface area (Å²) in [5.41, 5.74) is 1.48. The van der Waals surface area contributed by atoms with Gasteiger partial charge in [-0.15, -0.1) is 0 Å². The van der Waals surface area contributed by atoms with Gasteiger partial charge in [-0.25, -0.2) is 4.42 Å². The molecule has 2 atom stereocenters. The number of carboxylic acids is 1. The summed E-state index contributed by atoms with van der Waals surface area (Å²) < 4.78 is 12.4. The van der Waals surface area contributed by atoms with E-state index in [1.807, 2.05) is 6.07 Å². The van der Waals surface area contributed by atoms with E-state index in [1.165, 1.54) is 0 Å². The molecule has 34 heavy (non-hydrogen) atoms. The van der Waals surface area contributed by atoms with Crippen LogP contribution in [0.1, 0.15) is 39.9 Å². The van der Waals surface area contributed by atoms with Crippen molar-refractivity contribution in [2.24, 2.45) is 0 Å². The number of aliphatic hydroxyl groups excluding tert-OH is 1. The van der Waals surface area contributed by atoms with Crippen molar-refractivity contribution in [3.05, 3.63) is 88.4 Å². The van der Waals surface area contributed by atoms with Crippen molar-refractivity contribution in [3.63, 3.8) is 0 Å². The maximum Gasteiger partial charge on any atom is 0.311 e. The highest BCUT2D eigenvalue weighted by atomic mass is 35.5. The Bertz CT molecular complexity index is 1190. The van der Waals surface area contributed by atoms with Gasteiger partial charge >= 0.3 is 5.97 Å². The van der Waals surface area contributed by atoms with Gasteiger partial charge in [0.1, 0.15) is 17.2 Å². The van der Waals surface area contributed by atoms with E-state index in [9.17, 15) is 19.8 Å². The third-order valence-corrected chi connectivity index (χ3v) is 6.06. The molecule has 1 amide bonds. The molecule has 9 heteroatoms. The molecule has 0 saturated carbocycles. The van der Waals surface area contributed by atoms with Crippen molar-refractivity contribution in [3.8, 4) is 17.2 Å². The molecule has 0 aromatic heterocycles. The van der Waals surface area contributed by atoms with Gasteiger partial charge in [0.25, 0.3) is 5.91 Å². The van der Waals surface area contributed by atoms with Crippen LogP contribution in [0, 0.1) is 0 Å². The molecular formula is C25H21Cl2NO6. The van der Waals surface area contributed by atoms with Crippen LogP contribution in [0.2, 0.25) is 5.02 Å². The normalized spacial score (nSPS) is 15.6. The van der Waals surface area contributed by atoms with Gasteiger partial charge in [-0.05, 0) is 42.3 Å². The van der Waals surface area contributed by atoms with Crippen molar-refractivity contribution >= 4 is 35.3 Å². The molecule has 2 N–H and O–H groups in total. The summed E-state index contributed by atoms with van der Waals surface area (Å²) in [5.74, 6) is -0.952. The third-order valence-electron chi connectivity index (χ3n) is 5.47. The van der Waals surface area contributed by atoms with Gasteiger partial charge < -0.3 is 19.7 Å². The molecular weight excluding hydrogens is 481 g/mol. The quantitative estimate of drug-likeness (QED) is 0.420. The molecule has 4 rings (SSSR count). The van der Waals surface area contributed by atoms with E-state index in [2.05, 4.69) is 0 Å². The fourth-order valence-electron chi connectivity index (χ4n) is 3.67. The lowest BCUT2D eigenvalue weighted by Crippen LogP contribution is -2.26. The van der Waals surface area contributed by atoms with E-state index in [0.717, 1.165) is 4.42 Å². The Kier molecular flexibility index (Phi) is 7.26.